The summed E-state index contributed by atoms with van der Waals surface area (Å²) in [5, 5.41) is 13.6. The van der Waals surface area contributed by atoms with Crippen molar-refractivity contribution in [1.29, 1.82) is 0 Å². The first-order chi connectivity index (χ1) is 11.7. The Kier molecular flexibility index (Phi) is 6.18. The summed E-state index contributed by atoms with van der Waals surface area (Å²) in [5.74, 6) is -2.68. The summed E-state index contributed by atoms with van der Waals surface area (Å²) in [7, 11) is -3.66. The highest BCUT2D eigenvalue weighted by molar-refractivity contribution is 7.89. The van der Waals surface area contributed by atoms with Gasteiger partial charge in [0.1, 0.15) is 0 Å². The lowest BCUT2D eigenvalue weighted by atomic mass is 9.97. The highest BCUT2D eigenvalue weighted by Gasteiger charge is 2.34. The van der Waals surface area contributed by atoms with Crippen LogP contribution in [0.4, 0.5) is 0 Å². The van der Waals surface area contributed by atoms with Gasteiger partial charge in [-0.3, -0.25) is 4.79 Å². The van der Waals surface area contributed by atoms with Crippen LogP contribution in [-0.2, 0) is 19.6 Å². The maximum Gasteiger partial charge on any atom is 0.243 e. The molecule has 1 aliphatic rings. The Morgan fingerprint density at radius 1 is 1.24 bits per heavy atom. The highest BCUT2D eigenvalue weighted by atomic mass is 32.2. The van der Waals surface area contributed by atoms with Gasteiger partial charge in [-0.1, -0.05) is 32.0 Å². The van der Waals surface area contributed by atoms with Crippen LogP contribution in [0.2, 0.25) is 0 Å². The molecule has 1 fully saturated rings. The Morgan fingerprint density at radius 2 is 1.88 bits per heavy atom. The number of nitrogens with zero attached hydrogens (tertiary/aromatic N) is 1. The number of piperidine rings is 1. The number of aliphatic carboxylic acids is 1. The quantitative estimate of drug-likeness (QED) is 0.760. The van der Waals surface area contributed by atoms with E-state index < -0.39 is 33.9 Å². The number of hydrogen-bond donors (Lipinski definition) is 1. The van der Waals surface area contributed by atoms with E-state index in [4.69, 9.17) is 0 Å². The molecule has 2 rings (SSSR count). The van der Waals surface area contributed by atoms with Crippen LogP contribution >= 0.6 is 0 Å². The predicted octanol–water partition coefficient (Wildman–Crippen LogP) is -0.0220. The lowest BCUT2D eigenvalue weighted by molar-refractivity contribution is -0.309. The van der Waals surface area contributed by atoms with Gasteiger partial charge < -0.3 is 15.2 Å². The molecule has 1 N–H and O–H groups in total. The number of benzene rings is 1. The molecule has 7 nitrogen and oxygen atoms in total. The topological polar surface area (TPSA) is 107 Å². The van der Waals surface area contributed by atoms with Crippen molar-refractivity contribution in [2.45, 2.75) is 37.6 Å². The van der Waals surface area contributed by atoms with Crippen LogP contribution in [0.15, 0.2) is 35.2 Å². The molecular formula is C17H23N2O5S-. The lowest BCUT2D eigenvalue weighted by Crippen LogP contribution is -2.54. The van der Waals surface area contributed by atoms with Crippen LogP contribution in [0.1, 0.15) is 26.7 Å². The van der Waals surface area contributed by atoms with E-state index in [9.17, 15) is 23.1 Å². The predicted molar refractivity (Wildman–Crippen MR) is 89.7 cm³/mol. The first kappa shape index (κ1) is 19.4. The van der Waals surface area contributed by atoms with Crippen molar-refractivity contribution in [2.24, 2.45) is 11.8 Å². The third-order valence-electron chi connectivity index (χ3n) is 4.35. The Labute approximate surface area is 148 Å². The van der Waals surface area contributed by atoms with Gasteiger partial charge in [0.15, 0.2) is 0 Å². The molecule has 1 aliphatic heterocycles. The van der Waals surface area contributed by atoms with Gasteiger partial charge in [0.05, 0.1) is 22.8 Å². The molecule has 25 heavy (non-hydrogen) atoms. The van der Waals surface area contributed by atoms with Crippen molar-refractivity contribution < 1.29 is 23.1 Å². The minimum Gasteiger partial charge on any atom is -0.548 e. The minimum atomic E-state index is -3.66. The average molecular weight is 367 g/mol. The molecule has 0 aliphatic carbocycles. The van der Waals surface area contributed by atoms with Crippen molar-refractivity contribution >= 4 is 21.9 Å². The van der Waals surface area contributed by atoms with Crippen LogP contribution in [0.3, 0.4) is 0 Å². The smallest absolute Gasteiger partial charge is 0.243 e. The first-order valence-electron chi connectivity index (χ1n) is 8.30. The second kappa shape index (κ2) is 7.97. The second-order valence-electron chi connectivity index (χ2n) is 6.56. The first-order valence-corrected chi connectivity index (χ1v) is 9.74. The van der Waals surface area contributed by atoms with E-state index in [1.807, 2.05) is 0 Å². The van der Waals surface area contributed by atoms with E-state index in [-0.39, 0.29) is 17.4 Å². The van der Waals surface area contributed by atoms with E-state index in [0.29, 0.717) is 19.4 Å². The molecule has 0 saturated carbocycles. The number of amides is 1. The van der Waals surface area contributed by atoms with Crippen molar-refractivity contribution in [3.05, 3.63) is 30.3 Å². The average Bonchev–Trinajstić information content (AvgIpc) is 2.59. The summed E-state index contributed by atoms with van der Waals surface area (Å²) in [6, 6.07) is 6.97. The van der Waals surface area contributed by atoms with Crippen LogP contribution in [0.5, 0.6) is 0 Å². The van der Waals surface area contributed by atoms with Gasteiger partial charge in [-0.15, -0.1) is 0 Å². The van der Waals surface area contributed by atoms with Gasteiger partial charge in [-0.25, -0.2) is 8.42 Å². The van der Waals surface area contributed by atoms with Crippen LogP contribution < -0.4 is 10.4 Å². The highest BCUT2D eigenvalue weighted by Crippen LogP contribution is 2.24. The molecule has 138 valence electrons. The van der Waals surface area contributed by atoms with E-state index >= 15 is 0 Å². The number of carbonyl (C=O) groups is 2. The molecule has 0 aromatic heterocycles. The van der Waals surface area contributed by atoms with Crippen molar-refractivity contribution in [2.75, 3.05) is 13.1 Å². The number of hydrogen-bond acceptors (Lipinski definition) is 5. The SMILES string of the molecule is CC(C)[C@H](NC(=O)[C@H]1CCCN(S(=O)(=O)c2ccccc2)C1)C(=O)[O-]. The Balaban J connectivity index is 2.10. The number of nitrogens with one attached hydrogen (secondary N) is 1. The summed E-state index contributed by atoms with van der Waals surface area (Å²) in [5.41, 5.74) is 0. The van der Waals surface area contributed by atoms with Crippen molar-refractivity contribution in [3.63, 3.8) is 0 Å². The van der Waals surface area contributed by atoms with Gasteiger partial charge in [0.2, 0.25) is 15.9 Å². The van der Waals surface area contributed by atoms with Gasteiger partial charge in [-0.2, -0.15) is 4.31 Å². The van der Waals surface area contributed by atoms with Crippen LogP contribution in [0, 0.1) is 11.8 Å². The minimum absolute atomic E-state index is 0.0426. The zero-order chi connectivity index (χ0) is 18.6. The van der Waals surface area contributed by atoms with E-state index in [1.54, 1.807) is 32.0 Å². The lowest BCUT2D eigenvalue weighted by Gasteiger charge is -2.33. The number of sulfonamides is 1. The largest absolute Gasteiger partial charge is 0.548 e. The monoisotopic (exact) mass is 367 g/mol. The molecule has 2 atom stereocenters. The zero-order valence-electron chi connectivity index (χ0n) is 14.3. The third-order valence-corrected chi connectivity index (χ3v) is 6.23. The summed E-state index contributed by atoms with van der Waals surface area (Å²) >= 11 is 0. The molecule has 0 unspecified atom stereocenters. The molecule has 1 amide bonds. The fraction of sp³-hybridized carbons (Fsp3) is 0.529. The van der Waals surface area contributed by atoms with Crippen molar-refractivity contribution in [1.82, 2.24) is 9.62 Å². The van der Waals surface area contributed by atoms with Gasteiger partial charge in [-0.05, 0) is 30.9 Å². The molecule has 0 bridgehead atoms. The fourth-order valence-electron chi connectivity index (χ4n) is 2.89. The van der Waals surface area contributed by atoms with Crippen LogP contribution in [-0.4, -0.2) is 43.7 Å². The van der Waals surface area contributed by atoms with E-state index in [0.717, 1.165) is 0 Å². The zero-order valence-corrected chi connectivity index (χ0v) is 15.2. The summed E-state index contributed by atoms with van der Waals surface area (Å²) in [6.07, 6.45) is 1.06. The van der Waals surface area contributed by atoms with Gasteiger partial charge in [0.25, 0.3) is 0 Å². The van der Waals surface area contributed by atoms with Gasteiger partial charge in [0, 0.05) is 13.1 Å². The van der Waals surface area contributed by atoms with Crippen LogP contribution in [0.25, 0.3) is 0 Å². The Bertz CT molecular complexity index is 718. The third kappa shape index (κ3) is 4.58. The maximum atomic E-state index is 12.7. The number of carboxylic acid groups (broad SMARTS) is 1. The Hall–Kier alpha value is -1.93. The standard InChI is InChI=1S/C17H24N2O5S/c1-12(2)15(17(21)22)18-16(20)13-7-6-10-19(11-13)25(23,24)14-8-4-3-5-9-14/h3-5,8-9,12-13,15H,6-7,10-11H2,1-2H3,(H,18,20)(H,21,22)/p-1/t13-,15-/m0/s1. The normalized spacial score (nSPS) is 20.2. The molecular weight excluding hydrogens is 344 g/mol. The number of carboxylic acids is 1. The maximum absolute atomic E-state index is 12.7. The summed E-state index contributed by atoms with van der Waals surface area (Å²) in [4.78, 5) is 23.7. The molecule has 1 aromatic rings. The molecule has 1 saturated heterocycles. The molecule has 0 radical (unpaired) electrons. The second-order valence-corrected chi connectivity index (χ2v) is 8.50. The van der Waals surface area contributed by atoms with E-state index in [2.05, 4.69) is 5.32 Å². The van der Waals surface area contributed by atoms with E-state index in [1.165, 1.54) is 16.4 Å². The molecule has 0 spiro atoms. The van der Waals surface area contributed by atoms with Crippen molar-refractivity contribution in [3.8, 4) is 0 Å². The molecule has 1 aromatic carbocycles. The Morgan fingerprint density at radius 3 is 2.44 bits per heavy atom. The molecule has 8 heteroatoms. The molecule has 1 heterocycles. The summed E-state index contributed by atoms with van der Waals surface area (Å²) < 4.78 is 26.7. The fourth-order valence-corrected chi connectivity index (χ4v) is 4.43. The van der Waals surface area contributed by atoms with Gasteiger partial charge >= 0.3 is 0 Å². The summed E-state index contributed by atoms with van der Waals surface area (Å²) in [6.45, 7) is 3.73. The number of carbonyl (C=O) groups excluding carboxylic acids is 2. The number of rotatable bonds is 6.